The van der Waals surface area contributed by atoms with Crippen LogP contribution in [0.2, 0.25) is 0 Å². The van der Waals surface area contributed by atoms with Gasteiger partial charge in [-0.05, 0) is 25.1 Å². The minimum absolute atomic E-state index is 0.180. The lowest BCUT2D eigenvalue weighted by Crippen LogP contribution is -2.61. The molecule has 158 valence electrons. The van der Waals surface area contributed by atoms with Crippen molar-refractivity contribution in [1.29, 1.82) is 0 Å². The number of methoxy groups -OCH3 is 2. The first-order chi connectivity index (χ1) is 14.3. The Morgan fingerprint density at radius 1 is 1.27 bits per heavy atom. The van der Waals surface area contributed by atoms with Gasteiger partial charge in [0.2, 0.25) is 0 Å². The molecule has 0 aliphatic carbocycles. The highest BCUT2D eigenvalue weighted by molar-refractivity contribution is 5.75. The summed E-state index contributed by atoms with van der Waals surface area (Å²) in [6.07, 6.45) is -2.31. The number of non-ortho nitro benzene ring substituents is 1. The number of aromatic nitrogens is 2. The first-order valence-electron chi connectivity index (χ1n) is 9.22. The minimum Gasteiger partial charge on any atom is -0.479 e. The number of aliphatic hydroxyl groups is 1. The van der Waals surface area contributed by atoms with Crippen LogP contribution in [0, 0.1) is 10.1 Å². The molecule has 1 aliphatic heterocycles. The van der Waals surface area contributed by atoms with Crippen molar-refractivity contribution in [2.75, 3.05) is 14.2 Å². The van der Waals surface area contributed by atoms with Gasteiger partial charge in [0.05, 0.1) is 22.0 Å². The molecule has 0 bridgehead atoms. The molecule has 10 nitrogen and oxygen atoms in total. The lowest BCUT2D eigenvalue weighted by atomic mass is 9.84. The fourth-order valence-corrected chi connectivity index (χ4v) is 4.14. The van der Waals surface area contributed by atoms with Gasteiger partial charge in [0, 0.05) is 31.9 Å². The van der Waals surface area contributed by atoms with Crippen LogP contribution in [0.15, 0.2) is 47.3 Å². The number of hydrogen-bond donors (Lipinski definition) is 2. The Morgan fingerprint density at radius 2 is 1.97 bits per heavy atom. The number of rotatable bonds is 5. The van der Waals surface area contributed by atoms with Crippen molar-refractivity contribution in [1.82, 2.24) is 9.55 Å². The van der Waals surface area contributed by atoms with Crippen LogP contribution in [-0.4, -0.2) is 51.8 Å². The van der Waals surface area contributed by atoms with Crippen molar-refractivity contribution in [3.05, 3.63) is 68.6 Å². The number of hydrogen-bond acceptors (Lipinski definition) is 7. The van der Waals surface area contributed by atoms with Crippen LogP contribution in [0.5, 0.6) is 5.75 Å². The monoisotopic (exact) mass is 415 g/mol. The number of ether oxygens (including phenoxy) is 3. The van der Waals surface area contributed by atoms with Crippen LogP contribution in [0.3, 0.4) is 0 Å². The van der Waals surface area contributed by atoms with Crippen LogP contribution in [0.4, 0.5) is 5.69 Å². The van der Waals surface area contributed by atoms with Crippen LogP contribution in [-0.2, 0) is 9.47 Å². The Morgan fingerprint density at radius 3 is 2.63 bits per heavy atom. The fourth-order valence-electron chi connectivity index (χ4n) is 4.14. The maximum absolute atomic E-state index is 12.9. The van der Waals surface area contributed by atoms with Gasteiger partial charge in [-0.3, -0.25) is 14.7 Å². The second kappa shape index (κ2) is 7.24. The maximum atomic E-state index is 12.9. The van der Waals surface area contributed by atoms with Gasteiger partial charge in [-0.25, -0.2) is 4.79 Å². The number of nitrogens with one attached hydrogen (secondary N) is 1. The van der Waals surface area contributed by atoms with E-state index in [1.807, 2.05) is 0 Å². The normalized spacial score (nSPS) is 23.4. The zero-order chi connectivity index (χ0) is 21.6. The second-order valence-electron chi connectivity index (χ2n) is 7.28. The van der Waals surface area contributed by atoms with Gasteiger partial charge < -0.3 is 24.3 Å². The summed E-state index contributed by atoms with van der Waals surface area (Å²) in [5, 5.41) is 22.8. The van der Waals surface area contributed by atoms with Gasteiger partial charge in [-0.1, -0.05) is 12.1 Å². The van der Waals surface area contributed by atoms with Crippen LogP contribution in [0.1, 0.15) is 18.5 Å². The predicted octanol–water partition coefficient (Wildman–Crippen LogP) is 1.96. The van der Waals surface area contributed by atoms with E-state index in [9.17, 15) is 20.0 Å². The number of nitro benzene ring substituents is 1. The molecule has 0 amide bonds. The van der Waals surface area contributed by atoms with E-state index < -0.39 is 34.6 Å². The molecule has 0 unspecified atom stereocenters. The number of fused-ring (bicyclic) bond motifs is 2. The van der Waals surface area contributed by atoms with Crippen molar-refractivity contribution in [2.24, 2.45) is 0 Å². The third-order valence-corrected chi connectivity index (χ3v) is 5.54. The molecular weight excluding hydrogens is 394 g/mol. The Labute approximate surface area is 170 Å². The van der Waals surface area contributed by atoms with E-state index in [1.165, 1.54) is 37.0 Å². The summed E-state index contributed by atoms with van der Waals surface area (Å²) in [4.78, 5) is 26.5. The largest absolute Gasteiger partial charge is 0.479 e. The number of imidazole rings is 1. The zero-order valence-corrected chi connectivity index (χ0v) is 16.6. The molecule has 0 fully saturated rings. The predicted molar refractivity (Wildman–Crippen MR) is 107 cm³/mol. The zero-order valence-electron chi connectivity index (χ0n) is 16.6. The molecule has 3 atom stereocenters. The number of nitrogens with zero attached hydrogens (tertiary/aromatic N) is 2. The van der Waals surface area contributed by atoms with Gasteiger partial charge in [-0.15, -0.1) is 0 Å². The summed E-state index contributed by atoms with van der Waals surface area (Å²) in [6, 6.07) is 10.1. The molecule has 0 spiro atoms. The highest BCUT2D eigenvalue weighted by Crippen LogP contribution is 2.45. The van der Waals surface area contributed by atoms with Crippen LogP contribution < -0.4 is 10.4 Å². The fraction of sp³-hybridized carbons (Fsp3) is 0.350. The quantitative estimate of drug-likeness (QED) is 0.370. The average molecular weight is 415 g/mol. The van der Waals surface area contributed by atoms with Gasteiger partial charge in [0.15, 0.2) is 11.9 Å². The summed E-state index contributed by atoms with van der Waals surface area (Å²) < 4.78 is 18.1. The van der Waals surface area contributed by atoms with E-state index >= 15 is 0 Å². The summed E-state index contributed by atoms with van der Waals surface area (Å²) in [5.41, 5.74) is -0.624. The highest BCUT2D eigenvalue weighted by Gasteiger charge is 2.53. The lowest BCUT2D eigenvalue weighted by molar-refractivity contribution is -0.385. The summed E-state index contributed by atoms with van der Waals surface area (Å²) in [6.45, 7) is 1.60. The first kappa shape index (κ1) is 20.1. The van der Waals surface area contributed by atoms with Crippen LogP contribution in [0.25, 0.3) is 11.0 Å². The third kappa shape index (κ3) is 2.88. The molecular formula is C20H21N3O7. The molecule has 10 heteroatoms. The number of nitro groups is 1. The number of para-hydroxylation sites is 2. The standard InChI is InChI=1S/C20H21N3O7/c1-20(18(28-2)29-3)17(24)16(12-10-11(23(26)27)8-9-15(12)30-20)22-14-7-5-4-6-13(14)21-19(22)25/h4-10,16-18,24H,1-3H3,(H,21,25)/t16-,17+,20-/m0/s1. The van der Waals surface area contributed by atoms with Crippen molar-refractivity contribution < 1.29 is 24.2 Å². The van der Waals surface area contributed by atoms with Crippen molar-refractivity contribution in [3.8, 4) is 5.75 Å². The Kier molecular flexibility index (Phi) is 4.85. The lowest BCUT2D eigenvalue weighted by Gasteiger charge is -2.46. The maximum Gasteiger partial charge on any atom is 0.327 e. The number of aromatic amines is 1. The van der Waals surface area contributed by atoms with Gasteiger partial charge in [-0.2, -0.15) is 0 Å². The molecule has 4 rings (SSSR count). The van der Waals surface area contributed by atoms with E-state index in [-0.39, 0.29) is 11.4 Å². The Balaban J connectivity index is 2.01. The minimum atomic E-state index is -1.41. The second-order valence-corrected chi connectivity index (χ2v) is 7.28. The number of H-pyrrole nitrogens is 1. The van der Waals surface area contributed by atoms with E-state index in [4.69, 9.17) is 14.2 Å². The molecule has 0 saturated carbocycles. The van der Waals surface area contributed by atoms with Gasteiger partial charge >= 0.3 is 5.69 Å². The van der Waals surface area contributed by atoms with E-state index in [1.54, 1.807) is 31.2 Å². The molecule has 1 aliphatic rings. The van der Waals surface area contributed by atoms with E-state index in [0.29, 0.717) is 16.6 Å². The molecule has 30 heavy (non-hydrogen) atoms. The average Bonchev–Trinajstić information content (AvgIpc) is 3.05. The molecule has 0 saturated heterocycles. The van der Waals surface area contributed by atoms with E-state index in [2.05, 4.69) is 4.98 Å². The summed E-state index contributed by atoms with van der Waals surface area (Å²) in [5.74, 6) is 0.287. The molecule has 0 radical (unpaired) electrons. The molecule has 2 heterocycles. The number of aliphatic hydroxyl groups excluding tert-OH is 1. The van der Waals surface area contributed by atoms with Gasteiger partial charge in [0.1, 0.15) is 11.9 Å². The number of benzene rings is 2. The smallest absolute Gasteiger partial charge is 0.327 e. The van der Waals surface area contributed by atoms with Crippen LogP contribution >= 0.6 is 0 Å². The molecule has 1 aromatic heterocycles. The molecule has 2 N–H and O–H groups in total. The highest BCUT2D eigenvalue weighted by atomic mass is 16.7. The van der Waals surface area contributed by atoms with Gasteiger partial charge in [0.25, 0.3) is 5.69 Å². The first-order valence-corrected chi connectivity index (χ1v) is 9.22. The molecule has 3 aromatic rings. The Bertz CT molecular complexity index is 1170. The van der Waals surface area contributed by atoms with Crippen molar-refractivity contribution in [2.45, 2.75) is 31.0 Å². The summed E-state index contributed by atoms with van der Waals surface area (Å²) in [7, 11) is 2.82. The SMILES string of the molecule is COC(OC)[C@@]1(C)Oc2ccc([N+](=O)[O-])cc2[C@H](n2c(=O)[nH]c3ccccc32)[C@H]1O. The van der Waals surface area contributed by atoms with E-state index in [0.717, 1.165) is 0 Å². The van der Waals surface area contributed by atoms with Crippen molar-refractivity contribution >= 4 is 16.7 Å². The third-order valence-electron chi connectivity index (χ3n) is 5.54. The van der Waals surface area contributed by atoms with Crippen molar-refractivity contribution in [3.63, 3.8) is 0 Å². The Hall–Kier alpha value is -3.21. The molecule has 2 aromatic carbocycles. The topological polar surface area (TPSA) is 129 Å². The summed E-state index contributed by atoms with van der Waals surface area (Å²) >= 11 is 0.